The number of nitrogens with one attached hydrogen (secondary N) is 1. The highest BCUT2D eigenvalue weighted by molar-refractivity contribution is 5.83. The third-order valence-corrected chi connectivity index (χ3v) is 3.63. The standard InChI is InChI=1S/C18H18N4O/c1-2-14-7-9-15(10-8-14)11-20-21-18(23)12-22-13-19-16-5-3-4-6-17(16)22/h3-11,13H,2,12H2,1H3,(H,21,23)/b20-11+. The van der Waals surface area contributed by atoms with Gasteiger partial charge in [-0.2, -0.15) is 5.10 Å². The number of aromatic nitrogens is 2. The van der Waals surface area contributed by atoms with Crippen LogP contribution in [-0.2, 0) is 17.8 Å². The number of hydrogen-bond acceptors (Lipinski definition) is 3. The van der Waals surface area contributed by atoms with Crippen LogP contribution in [0.25, 0.3) is 11.0 Å². The molecular formula is C18H18N4O. The molecule has 5 heteroatoms. The average Bonchev–Trinajstić information content (AvgIpc) is 2.99. The van der Waals surface area contributed by atoms with Crippen molar-refractivity contribution in [2.45, 2.75) is 19.9 Å². The van der Waals surface area contributed by atoms with Gasteiger partial charge in [-0.1, -0.05) is 43.3 Å². The Bertz CT molecular complexity index is 834. The largest absolute Gasteiger partial charge is 0.321 e. The summed E-state index contributed by atoms with van der Waals surface area (Å²) in [6.07, 6.45) is 4.31. The van der Waals surface area contributed by atoms with Crippen LogP contribution in [0.2, 0.25) is 0 Å². The molecule has 3 rings (SSSR count). The zero-order valence-corrected chi connectivity index (χ0v) is 12.9. The maximum Gasteiger partial charge on any atom is 0.260 e. The van der Waals surface area contributed by atoms with Gasteiger partial charge in [0.2, 0.25) is 0 Å². The van der Waals surface area contributed by atoms with Crippen molar-refractivity contribution in [1.82, 2.24) is 15.0 Å². The number of fused-ring (bicyclic) bond motifs is 1. The molecule has 1 heterocycles. The van der Waals surface area contributed by atoms with E-state index in [9.17, 15) is 4.79 Å². The van der Waals surface area contributed by atoms with Crippen LogP contribution in [0.5, 0.6) is 0 Å². The number of amides is 1. The van der Waals surface area contributed by atoms with Crippen LogP contribution in [0.3, 0.4) is 0 Å². The Hall–Kier alpha value is -2.95. The summed E-state index contributed by atoms with van der Waals surface area (Å²) in [7, 11) is 0. The van der Waals surface area contributed by atoms with Crippen molar-refractivity contribution in [2.75, 3.05) is 0 Å². The second-order valence-corrected chi connectivity index (χ2v) is 5.25. The lowest BCUT2D eigenvalue weighted by atomic mass is 10.1. The zero-order valence-electron chi connectivity index (χ0n) is 12.9. The molecule has 0 unspecified atom stereocenters. The molecule has 0 saturated heterocycles. The molecule has 2 aromatic carbocycles. The summed E-state index contributed by atoms with van der Waals surface area (Å²) in [5.41, 5.74) is 6.58. The lowest BCUT2D eigenvalue weighted by Gasteiger charge is -2.03. The third kappa shape index (κ3) is 3.63. The topological polar surface area (TPSA) is 59.3 Å². The molecule has 116 valence electrons. The minimum atomic E-state index is -0.186. The van der Waals surface area contributed by atoms with E-state index in [0.29, 0.717) is 0 Å². The van der Waals surface area contributed by atoms with Crippen molar-refractivity contribution in [3.63, 3.8) is 0 Å². The Morgan fingerprint density at radius 2 is 2.00 bits per heavy atom. The van der Waals surface area contributed by atoms with Gasteiger partial charge in [-0.15, -0.1) is 0 Å². The van der Waals surface area contributed by atoms with E-state index in [1.807, 2.05) is 36.4 Å². The second kappa shape index (κ2) is 6.87. The first-order valence-electron chi connectivity index (χ1n) is 7.57. The number of hydrogen-bond donors (Lipinski definition) is 1. The molecule has 0 aliphatic rings. The maximum atomic E-state index is 12.0. The molecule has 23 heavy (non-hydrogen) atoms. The SMILES string of the molecule is CCc1ccc(/C=N/NC(=O)Cn2cnc3ccccc32)cc1. The van der Waals surface area contributed by atoms with Gasteiger partial charge in [-0.05, 0) is 29.7 Å². The van der Waals surface area contributed by atoms with Crippen molar-refractivity contribution in [3.05, 3.63) is 66.0 Å². The van der Waals surface area contributed by atoms with E-state index in [4.69, 9.17) is 0 Å². The number of imidazole rings is 1. The highest BCUT2D eigenvalue weighted by Crippen LogP contribution is 2.11. The molecule has 0 bridgehead atoms. The molecule has 0 radical (unpaired) electrons. The van der Waals surface area contributed by atoms with Gasteiger partial charge in [-0.3, -0.25) is 4.79 Å². The van der Waals surface area contributed by atoms with Crippen LogP contribution >= 0.6 is 0 Å². The van der Waals surface area contributed by atoms with Crippen molar-refractivity contribution in [1.29, 1.82) is 0 Å². The zero-order chi connectivity index (χ0) is 16.1. The first-order valence-corrected chi connectivity index (χ1v) is 7.57. The van der Waals surface area contributed by atoms with Crippen LogP contribution < -0.4 is 5.43 Å². The van der Waals surface area contributed by atoms with Crippen LogP contribution in [0.4, 0.5) is 0 Å². The Labute approximate surface area is 134 Å². The Kier molecular flexibility index (Phi) is 4.47. The van der Waals surface area contributed by atoms with E-state index >= 15 is 0 Å². The van der Waals surface area contributed by atoms with Gasteiger partial charge in [0.15, 0.2) is 0 Å². The first kappa shape index (κ1) is 15.0. The fourth-order valence-electron chi connectivity index (χ4n) is 2.34. The van der Waals surface area contributed by atoms with E-state index in [2.05, 4.69) is 34.6 Å². The molecule has 0 aliphatic carbocycles. The Balaban J connectivity index is 1.59. The first-order chi connectivity index (χ1) is 11.3. The number of para-hydroxylation sites is 2. The quantitative estimate of drug-likeness (QED) is 0.582. The predicted molar refractivity (Wildman–Crippen MR) is 91.3 cm³/mol. The summed E-state index contributed by atoms with van der Waals surface area (Å²) < 4.78 is 1.80. The lowest BCUT2D eigenvalue weighted by Crippen LogP contribution is -2.22. The summed E-state index contributed by atoms with van der Waals surface area (Å²) in [4.78, 5) is 16.2. The van der Waals surface area contributed by atoms with Crippen molar-refractivity contribution in [3.8, 4) is 0 Å². The number of carbonyl (C=O) groups is 1. The van der Waals surface area contributed by atoms with Gasteiger partial charge in [0, 0.05) is 0 Å². The predicted octanol–water partition coefficient (Wildman–Crippen LogP) is 2.75. The average molecular weight is 306 g/mol. The number of benzene rings is 2. The Morgan fingerprint density at radius 1 is 1.22 bits per heavy atom. The summed E-state index contributed by atoms with van der Waals surface area (Å²) in [6, 6.07) is 15.8. The van der Waals surface area contributed by atoms with Crippen molar-refractivity contribution in [2.24, 2.45) is 5.10 Å². The van der Waals surface area contributed by atoms with Gasteiger partial charge >= 0.3 is 0 Å². The fourth-order valence-corrected chi connectivity index (χ4v) is 2.34. The number of carbonyl (C=O) groups excluding carboxylic acids is 1. The normalized spacial score (nSPS) is 11.2. The van der Waals surface area contributed by atoms with E-state index in [0.717, 1.165) is 23.0 Å². The van der Waals surface area contributed by atoms with Crippen LogP contribution in [0.15, 0.2) is 60.0 Å². The molecule has 1 amide bonds. The molecule has 0 saturated carbocycles. The molecule has 5 nitrogen and oxygen atoms in total. The number of hydrazone groups is 1. The summed E-state index contributed by atoms with van der Waals surface area (Å²) in [6.45, 7) is 2.30. The lowest BCUT2D eigenvalue weighted by molar-refractivity contribution is -0.121. The molecule has 0 atom stereocenters. The fraction of sp³-hybridized carbons (Fsp3) is 0.167. The van der Waals surface area contributed by atoms with Gasteiger partial charge in [0.25, 0.3) is 5.91 Å². The second-order valence-electron chi connectivity index (χ2n) is 5.25. The molecule has 0 fully saturated rings. The van der Waals surface area contributed by atoms with Crippen molar-refractivity contribution < 1.29 is 4.79 Å². The van der Waals surface area contributed by atoms with Gasteiger partial charge in [0.1, 0.15) is 6.54 Å². The Morgan fingerprint density at radius 3 is 2.78 bits per heavy atom. The highest BCUT2D eigenvalue weighted by Gasteiger charge is 2.05. The summed E-state index contributed by atoms with van der Waals surface area (Å²) in [5, 5.41) is 4.00. The minimum absolute atomic E-state index is 0.186. The van der Waals surface area contributed by atoms with E-state index in [1.165, 1.54) is 5.56 Å². The van der Waals surface area contributed by atoms with Gasteiger partial charge in [0.05, 0.1) is 23.6 Å². The smallest absolute Gasteiger partial charge is 0.260 e. The molecule has 1 aromatic heterocycles. The highest BCUT2D eigenvalue weighted by atomic mass is 16.2. The number of nitrogens with zero attached hydrogens (tertiary/aromatic N) is 3. The molecular weight excluding hydrogens is 288 g/mol. The van der Waals surface area contributed by atoms with Gasteiger partial charge < -0.3 is 4.57 Å². The number of aryl methyl sites for hydroxylation is 1. The third-order valence-electron chi connectivity index (χ3n) is 3.63. The molecule has 0 aliphatic heterocycles. The van der Waals surface area contributed by atoms with E-state index < -0.39 is 0 Å². The minimum Gasteiger partial charge on any atom is -0.321 e. The van der Waals surface area contributed by atoms with Crippen LogP contribution in [0, 0.1) is 0 Å². The number of rotatable bonds is 5. The van der Waals surface area contributed by atoms with Crippen molar-refractivity contribution >= 4 is 23.2 Å². The van der Waals surface area contributed by atoms with E-state index in [-0.39, 0.29) is 12.5 Å². The summed E-state index contributed by atoms with van der Waals surface area (Å²) in [5.74, 6) is -0.186. The molecule has 1 N–H and O–H groups in total. The maximum absolute atomic E-state index is 12.0. The van der Waals surface area contributed by atoms with E-state index in [1.54, 1.807) is 17.1 Å². The monoisotopic (exact) mass is 306 g/mol. The molecule has 3 aromatic rings. The van der Waals surface area contributed by atoms with Crippen LogP contribution in [-0.4, -0.2) is 21.7 Å². The molecule has 0 spiro atoms. The van der Waals surface area contributed by atoms with Gasteiger partial charge in [-0.25, -0.2) is 10.4 Å². The van der Waals surface area contributed by atoms with Crippen LogP contribution in [0.1, 0.15) is 18.1 Å². The summed E-state index contributed by atoms with van der Waals surface area (Å²) >= 11 is 0.